The van der Waals surface area contributed by atoms with Gasteiger partial charge in [0, 0.05) is 13.1 Å². The molecule has 2 aromatic rings. The molecular formula is C17H22ClN5O4. The number of amides is 2. The maximum Gasteiger partial charge on any atom is 0.415 e. The van der Waals surface area contributed by atoms with Crippen LogP contribution in [0.2, 0.25) is 5.15 Å². The first-order chi connectivity index (χ1) is 12.6. The van der Waals surface area contributed by atoms with Crippen LogP contribution in [-0.4, -0.2) is 56.5 Å². The lowest BCUT2D eigenvalue weighted by Crippen LogP contribution is -2.50. The van der Waals surface area contributed by atoms with Gasteiger partial charge in [-0.15, -0.1) is 0 Å². The number of carbonyl (C=O) groups is 2. The molecule has 0 aliphatic heterocycles. The van der Waals surface area contributed by atoms with E-state index in [9.17, 15) is 14.7 Å². The molecule has 1 saturated carbocycles. The number of hydrogen-bond acceptors (Lipinski definition) is 6. The number of aromatic nitrogens is 3. The van der Waals surface area contributed by atoms with Crippen LogP contribution in [0.3, 0.4) is 0 Å². The number of fused-ring (bicyclic) bond motifs is 1. The Morgan fingerprint density at radius 3 is 2.67 bits per heavy atom. The predicted octanol–water partition coefficient (Wildman–Crippen LogP) is 2.01. The molecule has 1 aliphatic rings. The first-order valence-corrected chi connectivity index (χ1v) is 8.94. The maximum atomic E-state index is 12.5. The fourth-order valence-corrected chi connectivity index (χ4v) is 2.82. The van der Waals surface area contributed by atoms with E-state index in [0.29, 0.717) is 18.7 Å². The molecule has 9 nitrogen and oxygen atoms in total. The molecule has 146 valence electrons. The van der Waals surface area contributed by atoms with Gasteiger partial charge in [-0.05, 0) is 33.6 Å². The second kappa shape index (κ2) is 6.97. The number of halogens is 1. The maximum absolute atomic E-state index is 12.5. The minimum absolute atomic E-state index is 0.103. The molecule has 1 fully saturated rings. The molecule has 2 N–H and O–H groups in total. The topological polar surface area (TPSA) is 109 Å². The van der Waals surface area contributed by atoms with Crippen molar-refractivity contribution in [1.29, 1.82) is 0 Å². The molecule has 0 radical (unpaired) electrons. The van der Waals surface area contributed by atoms with Crippen LogP contribution in [0.1, 0.15) is 44.0 Å². The smallest absolute Gasteiger partial charge is 0.415 e. The van der Waals surface area contributed by atoms with Gasteiger partial charge in [-0.1, -0.05) is 11.6 Å². The van der Waals surface area contributed by atoms with Crippen LogP contribution in [0.4, 0.5) is 10.6 Å². The highest BCUT2D eigenvalue weighted by Gasteiger charge is 2.31. The number of aliphatic hydroxyl groups excluding tert-OH is 1. The van der Waals surface area contributed by atoms with Crippen molar-refractivity contribution in [1.82, 2.24) is 19.9 Å². The quantitative estimate of drug-likeness (QED) is 0.769. The number of carbonyl (C=O) groups excluding carboxylic acids is 2. The van der Waals surface area contributed by atoms with E-state index >= 15 is 0 Å². The second-order valence-corrected chi connectivity index (χ2v) is 7.88. The van der Waals surface area contributed by atoms with Crippen LogP contribution in [0, 0.1) is 0 Å². The first-order valence-electron chi connectivity index (χ1n) is 8.57. The fraction of sp³-hybridized carbons (Fsp3) is 0.529. The monoisotopic (exact) mass is 395 g/mol. The normalized spacial score (nSPS) is 19.5. The molecule has 2 amide bonds. The number of hydrogen-bond donors (Lipinski definition) is 2. The Kier molecular flexibility index (Phi) is 5.00. The summed E-state index contributed by atoms with van der Waals surface area (Å²) in [6.07, 6.45) is 1.60. The van der Waals surface area contributed by atoms with Gasteiger partial charge in [0.05, 0.1) is 18.3 Å². The molecule has 2 atom stereocenters. The van der Waals surface area contributed by atoms with Gasteiger partial charge >= 0.3 is 6.09 Å². The summed E-state index contributed by atoms with van der Waals surface area (Å²) in [6.45, 7) is 5.29. The van der Waals surface area contributed by atoms with E-state index in [1.165, 1.54) is 28.7 Å². The fourth-order valence-electron chi connectivity index (χ4n) is 2.64. The molecule has 0 aromatic carbocycles. The summed E-state index contributed by atoms with van der Waals surface area (Å²) in [5.74, 6) is -0.101. The molecule has 2 aromatic heterocycles. The molecule has 3 rings (SSSR count). The van der Waals surface area contributed by atoms with E-state index in [-0.39, 0.29) is 22.4 Å². The van der Waals surface area contributed by atoms with Gasteiger partial charge in [-0.25, -0.2) is 9.78 Å². The van der Waals surface area contributed by atoms with E-state index < -0.39 is 23.7 Å². The highest BCUT2D eigenvalue weighted by atomic mass is 35.5. The third kappa shape index (κ3) is 3.98. The van der Waals surface area contributed by atoms with Crippen LogP contribution in [0.15, 0.2) is 12.3 Å². The Balaban J connectivity index is 1.93. The van der Waals surface area contributed by atoms with Crippen molar-refractivity contribution >= 4 is 35.1 Å². The van der Waals surface area contributed by atoms with E-state index in [0.717, 1.165) is 0 Å². The van der Waals surface area contributed by atoms with Gasteiger partial charge in [-0.3, -0.25) is 9.69 Å². The van der Waals surface area contributed by atoms with E-state index in [2.05, 4.69) is 15.4 Å². The third-order valence-electron chi connectivity index (χ3n) is 4.23. The van der Waals surface area contributed by atoms with Crippen molar-refractivity contribution < 1.29 is 19.4 Å². The standard InChI is InChI=1S/C17H22ClN5O4/c1-17(2,3)27-16(26)22(4)13-7-12(18)21-14-9(8-19-23(13)14)15(25)20-10-5-6-11(10)24/h7-8,10-11,24H,5-6H2,1-4H3,(H,20,25)/t10?,11-/m1/s1. The molecule has 27 heavy (non-hydrogen) atoms. The largest absolute Gasteiger partial charge is 0.443 e. The molecule has 1 unspecified atom stereocenters. The first kappa shape index (κ1) is 19.4. The Labute approximate surface area is 161 Å². The summed E-state index contributed by atoms with van der Waals surface area (Å²) >= 11 is 6.10. The van der Waals surface area contributed by atoms with Crippen LogP contribution >= 0.6 is 11.6 Å². The van der Waals surface area contributed by atoms with Crippen LogP contribution in [-0.2, 0) is 4.74 Å². The lowest BCUT2D eigenvalue weighted by atomic mass is 9.89. The van der Waals surface area contributed by atoms with Gasteiger partial charge in [0.15, 0.2) is 5.65 Å². The van der Waals surface area contributed by atoms with Crippen molar-refractivity contribution in [3.8, 4) is 0 Å². The summed E-state index contributed by atoms with van der Waals surface area (Å²) in [6, 6.07) is 1.18. The summed E-state index contributed by atoms with van der Waals surface area (Å²) in [7, 11) is 1.52. The summed E-state index contributed by atoms with van der Waals surface area (Å²) in [5.41, 5.74) is -0.255. The summed E-state index contributed by atoms with van der Waals surface area (Å²) in [4.78, 5) is 30.3. The zero-order chi connectivity index (χ0) is 19.9. The Hall–Kier alpha value is -2.39. The molecular weight excluding hydrogens is 374 g/mol. The highest BCUT2D eigenvalue weighted by molar-refractivity contribution is 6.30. The van der Waals surface area contributed by atoms with Gasteiger partial charge in [-0.2, -0.15) is 9.61 Å². The van der Waals surface area contributed by atoms with Crippen molar-refractivity contribution in [3.05, 3.63) is 23.0 Å². The zero-order valence-electron chi connectivity index (χ0n) is 15.6. The minimum Gasteiger partial charge on any atom is -0.443 e. The Morgan fingerprint density at radius 2 is 2.11 bits per heavy atom. The Morgan fingerprint density at radius 1 is 1.41 bits per heavy atom. The van der Waals surface area contributed by atoms with Gasteiger partial charge < -0.3 is 15.2 Å². The SMILES string of the molecule is CN(C(=O)OC(C)(C)C)c1cc(Cl)nc2c(C(=O)NC3CC[C@H]3O)cnn12. The number of nitrogens with zero attached hydrogens (tertiary/aromatic N) is 4. The van der Waals surface area contributed by atoms with Crippen molar-refractivity contribution in [2.45, 2.75) is 51.4 Å². The van der Waals surface area contributed by atoms with Crippen molar-refractivity contribution in [3.63, 3.8) is 0 Å². The zero-order valence-corrected chi connectivity index (χ0v) is 16.3. The number of ether oxygens (including phenoxy) is 1. The average Bonchev–Trinajstić information content (AvgIpc) is 2.98. The number of aliphatic hydroxyl groups is 1. The molecule has 1 aliphatic carbocycles. The van der Waals surface area contributed by atoms with Crippen molar-refractivity contribution in [2.24, 2.45) is 0 Å². The molecule has 0 bridgehead atoms. The van der Waals surface area contributed by atoms with E-state index in [1.807, 2.05) is 0 Å². The predicted molar refractivity (Wildman–Crippen MR) is 99.1 cm³/mol. The molecule has 10 heteroatoms. The second-order valence-electron chi connectivity index (χ2n) is 7.49. The third-order valence-corrected chi connectivity index (χ3v) is 4.43. The lowest BCUT2D eigenvalue weighted by Gasteiger charge is -2.32. The number of nitrogens with one attached hydrogen (secondary N) is 1. The van der Waals surface area contributed by atoms with Crippen molar-refractivity contribution in [2.75, 3.05) is 11.9 Å². The highest BCUT2D eigenvalue weighted by Crippen LogP contribution is 2.24. The Bertz CT molecular complexity index is 891. The summed E-state index contributed by atoms with van der Waals surface area (Å²) < 4.78 is 6.71. The van der Waals surface area contributed by atoms with Gasteiger partial charge in [0.1, 0.15) is 22.1 Å². The average molecular weight is 396 g/mol. The minimum atomic E-state index is -0.667. The molecule has 0 spiro atoms. The van der Waals surface area contributed by atoms with Crippen LogP contribution < -0.4 is 10.2 Å². The van der Waals surface area contributed by atoms with Gasteiger partial charge in [0.2, 0.25) is 0 Å². The summed E-state index contributed by atoms with van der Waals surface area (Å²) in [5, 5.41) is 16.7. The van der Waals surface area contributed by atoms with E-state index in [1.54, 1.807) is 20.8 Å². The number of rotatable bonds is 3. The van der Waals surface area contributed by atoms with Gasteiger partial charge in [0.25, 0.3) is 5.91 Å². The lowest BCUT2D eigenvalue weighted by molar-refractivity contribution is 0.0448. The molecule has 2 heterocycles. The van der Waals surface area contributed by atoms with Crippen LogP contribution in [0.5, 0.6) is 0 Å². The molecule has 0 saturated heterocycles. The number of anilines is 1. The van der Waals surface area contributed by atoms with Crippen LogP contribution in [0.25, 0.3) is 5.65 Å². The van der Waals surface area contributed by atoms with E-state index in [4.69, 9.17) is 16.3 Å².